The second-order valence-corrected chi connectivity index (χ2v) is 3.08. The van der Waals surface area contributed by atoms with Crippen molar-refractivity contribution < 1.29 is 15.0 Å². The first kappa shape index (κ1) is 11.7. The lowest BCUT2D eigenvalue weighted by molar-refractivity contribution is 0.0674. The van der Waals surface area contributed by atoms with Crippen molar-refractivity contribution in [3.05, 3.63) is 18.0 Å². The summed E-state index contributed by atoms with van der Waals surface area (Å²) < 4.78 is 1.46. The van der Waals surface area contributed by atoms with Gasteiger partial charge in [-0.1, -0.05) is 0 Å². The molecule has 0 aliphatic carbocycles. The molecule has 0 spiro atoms. The topological polar surface area (TPSA) is 78.6 Å². The molecule has 84 valence electrons. The third-order valence-electron chi connectivity index (χ3n) is 2.07. The zero-order chi connectivity index (χ0) is 11.3. The monoisotopic (exact) mass is 213 g/mol. The molecule has 1 aromatic heterocycles. The quantitative estimate of drug-likeness (QED) is 0.647. The molecule has 0 unspecified atom stereocenters. The van der Waals surface area contributed by atoms with Crippen LogP contribution in [0, 0.1) is 0 Å². The molecule has 0 aromatic carbocycles. The van der Waals surface area contributed by atoms with Crippen LogP contribution in [0.5, 0.6) is 0 Å². The molecule has 15 heavy (non-hydrogen) atoms. The number of aromatic nitrogens is 2. The molecule has 0 atom stereocenters. The van der Waals surface area contributed by atoms with E-state index >= 15 is 0 Å². The maximum absolute atomic E-state index is 11.8. The van der Waals surface area contributed by atoms with Crippen LogP contribution in [0.1, 0.15) is 10.5 Å². The van der Waals surface area contributed by atoms with Gasteiger partial charge in [-0.2, -0.15) is 5.10 Å². The highest BCUT2D eigenvalue weighted by atomic mass is 16.3. The van der Waals surface area contributed by atoms with Gasteiger partial charge in [-0.3, -0.25) is 9.48 Å². The largest absolute Gasteiger partial charge is 0.395 e. The summed E-state index contributed by atoms with van der Waals surface area (Å²) in [6.07, 6.45) is 1.53. The molecule has 0 bridgehead atoms. The van der Waals surface area contributed by atoms with E-state index in [-0.39, 0.29) is 32.2 Å². The van der Waals surface area contributed by atoms with Gasteiger partial charge in [0.25, 0.3) is 5.91 Å². The van der Waals surface area contributed by atoms with Crippen LogP contribution < -0.4 is 0 Å². The standard InChI is InChI=1S/C9H15N3O3/c1-11-8(2-3-10-11)9(15)12(4-6-13)5-7-14/h2-3,13-14H,4-7H2,1H3. The van der Waals surface area contributed by atoms with Crippen LogP contribution in [-0.4, -0.2) is 57.1 Å². The van der Waals surface area contributed by atoms with Gasteiger partial charge in [0.15, 0.2) is 0 Å². The lowest BCUT2D eigenvalue weighted by atomic mass is 10.3. The highest BCUT2D eigenvalue weighted by Gasteiger charge is 2.17. The van der Waals surface area contributed by atoms with Gasteiger partial charge in [-0.25, -0.2) is 0 Å². The minimum absolute atomic E-state index is 0.121. The second-order valence-electron chi connectivity index (χ2n) is 3.08. The molecule has 0 fully saturated rings. The summed E-state index contributed by atoms with van der Waals surface area (Å²) in [5, 5.41) is 21.4. The maximum Gasteiger partial charge on any atom is 0.272 e. The van der Waals surface area contributed by atoms with Gasteiger partial charge in [0.05, 0.1) is 13.2 Å². The Morgan fingerprint density at radius 3 is 2.47 bits per heavy atom. The first-order chi connectivity index (χ1) is 7.20. The molecule has 6 nitrogen and oxygen atoms in total. The van der Waals surface area contributed by atoms with Crippen molar-refractivity contribution in [2.24, 2.45) is 7.05 Å². The van der Waals surface area contributed by atoms with Gasteiger partial charge in [0.2, 0.25) is 0 Å². The fourth-order valence-corrected chi connectivity index (χ4v) is 1.30. The van der Waals surface area contributed by atoms with E-state index in [1.54, 1.807) is 13.1 Å². The molecule has 1 heterocycles. The van der Waals surface area contributed by atoms with Gasteiger partial charge in [-0.15, -0.1) is 0 Å². The normalized spacial score (nSPS) is 10.3. The summed E-state index contributed by atoms with van der Waals surface area (Å²) >= 11 is 0. The van der Waals surface area contributed by atoms with E-state index in [9.17, 15) is 4.79 Å². The second kappa shape index (κ2) is 5.47. The van der Waals surface area contributed by atoms with Crippen LogP contribution in [0.15, 0.2) is 12.3 Å². The third kappa shape index (κ3) is 2.77. The number of amides is 1. The Morgan fingerprint density at radius 2 is 2.07 bits per heavy atom. The number of rotatable bonds is 5. The van der Waals surface area contributed by atoms with Crippen molar-refractivity contribution in [2.75, 3.05) is 26.3 Å². The Bertz CT molecular complexity index is 318. The number of carbonyl (C=O) groups is 1. The van der Waals surface area contributed by atoms with Crippen LogP contribution in [0.3, 0.4) is 0 Å². The Morgan fingerprint density at radius 1 is 1.47 bits per heavy atom. The van der Waals surface area contributed by atoms with Crippen molar-refractivity contribution in [1.29, 1.82) is 0 Å². The Kier molecular flexibility index (Phi) is 4.26. The fraction of sp³-hybridized carbons (Fsp3) is 0.556. The van der Waals surface area contributed by atoms with Crippen LogP contribution in [0.4, 0.5) is 0 Å². The lowest BCUT2D eigenvalue weighted by Crippen LogP contribution is -2.36. The summed E-state index contributed by atoms with van der Waals surface area (Å²) in [5.41, 5.74) is 0.442. The van der Waals surface area contributed by atoms with E-state index in [4.69, 9.17) is 10.2 Å². The van der Waals surface area contributed by atoms with E-state index in [1.165, 1.54) is 15.8 Å². The van der Waals surface area contributed by atoms with E-state index < -0.39 is 0 Å². The SMILES string of the molecule is Cn1nccc1C(=O)N(CCO)CCO. The van der Waals surface area contributed by atoms with Crippen LogP contribution >= 0.6 is 0 Å². The van der Waals surface area contributed by atoms with Crippen molar-refractivity contribution >= 4 is 5.91 Å². The third-order valence-corrected chi connectivity index (χ3v) is 2.07. The number of hydrogen-bond acceptors (Lipinski definition) is 4. The van der Waals surface area contributed by atoms with E-state index in [1.807, 2.05) is 0 Å². The highest BCUT2D eigenvalue weighted by Crippen LogP contribution is 2.02. The zero-order valence-electron chi connectivity index (χ0n) is 8.63. The molecule has 6 heteroatoms. The molecule has 1 amide bonds. The summed E-state index contributed by atoms with van der Waals surface area (Å²) in [5.74, 6) is -0.238. The number of aryl methyl sites for hydroxylation is 1. The lowest BCUT2D eigenvalue weighted by Gasteiger charge is -2.20. The van der Waals surface area contributed by atoms with Crippen molar-refractivity contribution in [2.45, 2.75) is 0 Å². The molecule has 1 rings (SSSR count). The summed E-state index contributed by atoms with van der Waals surface area (Å²) in [4.78, 5) is 13.2. The molecule has 0 aliphatic rings. The summed E-state index contributed by atoms with van der Waals surface area (Å²) in [6, 6.07) is 1.60. The number of aliphatic hydroxyl groups excluding tert-OH is 2. The van der Waals surface area contributed by atoms with Gasteiger partial charge in [0.1, 0.15) is 5.69 Å². The molecule has 0 radical (unpaired) electrons. The van der Waals surface area contributed by atoms with E-state index in [0.717, 1.165) is 0 Å². The first-order valence-corrected chi connectivity index (χ1v) is 4.69. The van der Waals surface area contributed by atoms with Gasteiger partial charge in [0, 0.05) is 26.3 Å². The summed E-state index contributed by atoms with van der Waals surface area (Å²) in [6.45, 7) is 0.183. The Labute approximate surface area is 87.7 Å². The zero-order valence-corrected chi connectivity index (χ0v) is 8.63. The molecule has 0 aliphatic heterocycles. The van der Waals surface area contributed by atoms with Crippen molar-refractivity contribution in [3.8, 4) is 0 Å². The van der Waals surface area contributed by atoms with Gasteiger partial charge < -0.3 is 15.1 Å². The summed E-state index contributed by atoms with van der Waals surface area (Å²) in [7, 11) is 1.67. The highest BCUT2D eigenvalue weighted by molar-refractivity contribution is 5.92. The minimum Gasteiger partial charge on any atom is -0.395 e. The average Bonchev–Trinajstić information content (AvgIpc) is 2.63. The van der Waals surface area contributed by atoms with Gasteiger partial charge >= 0.3 is 0 Å². The van der Waals surface area contributed by atoms with Crippen LogP contribution in [-0.2, 0) is 7.05 Å². The minimum atomic E-state index is -0.238. The van der Waals surface area contributed by atoms with Crippen LogP contribution in [0.2, 0.25) is 0 Å². The number of hydrogen-bond donors (Lipinski definition) is 2. The number of aliphatic hydroxyl groups is 2. The molecular weight excluding hydrogens is 198 g/mol. The number of nitrogens with zero attached hydrogens (tertiary/aromatic N) is 3. The molecular formula is C9H15N3O3. The van der Waals surface area contributed by atoms with Crippen LogP contribution in [0.25, 0.3) is 0 Å². The number of carbonyl (C=O) groups excluding carboxylic acids is 1. The molecule has 0 saturated carbocycles. The van der Waals surface area contributed by atoms with Crippen molar-refractivity contribution in [1.82, 2.24) is 14.7 Å². The smallest absolute Gasteiger partial charge is 0.272 e. The predicted octanol–water partition coefficient (Wildman–Crippen LogP) is -1.15. The Balaban J connectivity index is 2.76. The Hall–Kier alpha value is -1.40. The molecule has 2 N–H and O–H groups in total. The average molecular weight is 213 g/mol. The first-order valence-electron chi connectivity index (χ1n) is 4.69. The van der Waals surface area contributed by atoms with E-state index in [2.05, 4.69) is 5.10 Å². The molecule has 1 aromatic rings. The molecule has 0 saturated heterocycles. The fourth-order valence-electron chi connectivity index (χ4n) is 1.30. The van der Waals surface area contributed by atoms with Crippen molar-refractivity contribution in [3.63, 3.8) is 0 Å². The maximum atomic E-state index is 11.8. The van der Waals surface area contributed by atoms with Gasteiger partial charge in [-0.05, 0) is 6.07 Å². The van der Waals surface area contributed by atoms with E-state index in [0.29, 0.717) is 5.69 Å². The predicted molar refractivity (Wildman–Crippen MR) is 53.3 cm³/mol.